The number of nitrogens with two attached hydrogens (primary N) is 1. The molecule has 3 N–H and O–H groups in total. The first kappa shape index (κ1) is 13.2. The number of aliphatic hydroxyl groups excluding tert-OH is 1. The Bertz CT molecular complexity index is 555. The normalized spacial score (nSPS) is 13.8. The lowest BCUT2D eigenvalue weighted by molar-refractivity contribution is -0.384. The van der Waals surface area contributed by atoms with Gasteiger partial charge in [-0.3, -0.25) is 10.1 Å². The lowest BCUT2D eigenvalue weighted by Crippen LogP contribution is -2.19. The Balaban J connectivity index is 2.19. The van der Waals surface area contributed by atoms with Gasteiger partial charge in [-0.25, -0.2) is 0 Å². The van der Waals surface area contributed by atoms with Crippen LogP contribution in [0.2, 0.25) is 0 Å². The SMILES string of the molecule is N[C@@H](c1ccccc1)[C@H](O)c1ccc([N+](=O)[O-])cc1. The van der Waals surface area contributed by atoms with Crippen molar-refractivity contribution in [3.05, 3.63) is 75.8 Å². The van der Waals surface area contributed by atoms with E-state index in [1.807, 2.05) is 30.3 Å². The molecule has 2 aromatic rings. The van der Waals surface area contributed by atoms with Crippen molar-refractivity contribution in [3.63, 3.8) is 0 Å². The summed E-state index contributed by atoms with van der Waals surface area (Å²) in [6.45, 7) is 0. The molecule has 0 fully saturated rings. The molecular formula is C14H14N2O3. The summed E-state index contributed by atoms with van der Waals surface area (Å²) >= 11 is 0. The van der Waals surface area contributed by atoms with E-state index in [4.69, 9.17) is 5.73 Å². The number of rotatable bonds is 4. The van der Waals surface area contributed by atoms with Crippen molar-refractivity contribution in [1.29, 1.82) is 0 Å². The summed E-state index contributed by atoms with van der Waals surface area (Å²) in [5.41, 5.74) is 7.35. The zero-order valence-electron chi connectivity index (χ0n) is 10.1. The van der Waals surface area contributed by atoms with E-state index in [1.165, 1.54) is 24.3 Å². The van der Waals surface area contributed by atoms with E-state index in [0.717, 1.165) is 5.56 Å². The van der Waals surface area contributed by atoms with Crippen molar-refractivity contribution in [2.75, 3.05) is 0 Å². The smallest absolute Gasteiger partial charge is 0.269 e. The quantitative estimate of drug-likeness (QED) is 0.650. The molecular weight excluding hydrogens is 244 g/mol. The molecule has 0 saturated carbocycles. The molecule has 0 bridgehead atoms. The molecule has 0 amide bonds. The Morgan fingerprint density at radius 2 is 1.58 bits per heavy atom. The number of non-ortho nitro benzene ring substituents is 1. The monoisotopic (exact) mass is 258 g/mol. The maximum absolute atomic E-state index is 10.6. The van der Waals surface area contributed by atoms with Crippen LogP contribution in [0.1, 0.15) is 23.3 Å². The van der Waals surface area contributed by atoms with Gasteiger partial charge >= 0.3 is 0 Å². The maximum Gasteiger partial charge on any atom is 0.269 e. The highest BCUT2D eigenvalue weighted by Gasteiger charge is 2.19. The summed E-state index contributed by atoms with van der Waals surface area (Å²) in [5, 5.41) is 20.7. The molecule has 0 radical (unpaired) electrons. The van der Waals surface area contributed by atoms with Crippen LogP contribution in [-0.2, 0) is 0 Å². The minimum Gasteiger partial charge on any atom is -0.386 e. The molecule has 0 unspecified atom stereocenters. The third-order valence-corrected chi connectivity index (χ3v) is 2.97. The second-order valence-electron chi connectivity index (χ2n) is 4.23. The Labute approximate surface area is 110 Å². The van der Waals surface area contributed by atoms with Crippen LogP contribution in [0.25, 0.3) is 0 Å². The first-order valence-corrected chi connectivity index (χ1v) is 5.82. The summed E-state index contributed by atoms with van der Waals surface area (Å²) in [5.74, 6) is 0. The molecule has 0 aliphatic carbocycles. The van der Waals surface area contributed by atoms with Gasteiger partial charge in [0.05, 0.1) is 17.1 Å². The molecule has 0 saturated heterocycles. The maximum atomic E-state index is 10.6. The number of nitro benzene ring substituents is 1. The van der Waals surface area contributed by atoms with E-state index in [-0.39, 0.29) is 5.69 Å². The van der Waals surface area contributed by atoms with Crippen LogP contribution in [0.3, 0.4) is 0 Å². The summed E-state index contributed by atoms with van der Waals surface area (Å²) in [7, 11) is 0. The molecule has 0 aliphatic heterocycles. The highest BCUT2D eigenvalue weighted by molar-refractivity contribution is 5.35. The molecule has 98 valence electrons. The Morgan fingerprint density at radius 1 is 1.00 bits per heavy atom. The van der Waals surface area contributed by atoms with Gasteiger partial charge in [-0.1, -0.05) is 30.3 Å². The third-order valence-electron chi connectivity index (χ3n) is 2.97. The van der Waals surface area contributed by atoms with Crippen molar-refractivity contribution in [3.8, 4) is 0 Å². The van der Waals surface area contributed by atoms with Gasteiger partial charge in [-0.15, -0.1) is 0 Å². The van der Waals surface area contributed by atoms with Crippen molar-refractivity contribution in [1.82, 2.24) is 0 Å². The predicted molar refractivity (Wildman–Crippen MR) is 71.4 cm³/mol. The number of benzene rings is 2. The molecule has 5 heteroatoms. The molecule has 0 heterocycles. The zero-order valence-corrected chi connectivity index (χ0v) is 10.1. The van der Waals surface area contributed by atoms with E-state index in [1.54, 1.807) is 0 Å². The average Bonchev–Trinajstić information content (AvgIpc) is 2.46. The van der Waals surface area contributed by atoms with Gasteiger partial charge in [0, 0.05) is 12.1 Å². The van der Waals surface area contributed by atoms with Gasteiger partial charge in [0.2, 0.25) is 0 Å². The minimum atomic E-state index is -0.900. The summed E-state index contributed by atoms with van der Waals surface area (Å²) in [6.07, 6.45) is -0.900. The zero-order chi connectivity index (χ0) is 13.8. The molecule has 2 atom stereocenters. The standard InChI is InChI=1S/C14H14N2O3/c15-13(10-4-2-1-3-5-10)14(17)11-6-8-12(9-7-11)16(18)19/h1-9,13-14,17H,15H2/t13-,14+/m0/s1. The van der Waals surface area contributed by atoms with E-state index >= 15 is 0 Å². The topological polar surface area (TPSA) is 89.4 Å². The van der Waals surface area contributed by atoms with Gasteiger partial charge in [0.1, 0.15) is 0 Å². The summed E-state index contributed by atoms with van der Waals surface area (Å²) in [6, 6.07) is 14.4. The van der Waals surface area contributed by atoms with Gasteiger partial charge in [-0.2, -0.15) is 0 Å². The minimum absolute atomic E-state index is 0.00997. The van der Waals surface area contributed by atoms with Crippen LogP contribution in [0.15, 0.2) is 54.6 Å². The van der Waals surface area contributed by atoms with E-state index < -0.39 is 17.1 Å². The molecule has 5 nitrogen and oxygen atoms in total. The van der Waals surface area contributed by atoms with Crippen molar-refractivity contribution in [2.24, 2.45) is 5.73 Å². The second-order valence-corrected chi connectivity index (χ2v) is 4.23. The first-order valence-electron chi connectivity index (χ1n) is 5.82. The van der Waals surface area contributed by atoms with Crippen LogP contribution in [0.4, 0.5) is 5.69 Å². The number of nitro groups is 1. The van der Waals surface area contributed by atoms with Gasteiger partial charge in [0.15, 0.2) is 0 Å². The van der Waals surface area contributed by atoms with E-state index in [9.17, 15) is 15.2 Å². The molecule has 19 heavy (non-hydrogen) atoms. The van der Waals surface area contributed by atoms with Crippen molar-refractivity contribution in [2.45, 2.75) is 12.1 Å². The number of hydrogen-bond donors (Lipinski definition) is 2. The highest BCUT2D eigenvalue weighted by atomic mass is 16.6. The van der Waals surface area contributed by atoms with Crippen LogP contribution in [0.5, 0.6) is 0 Å². The predicted octanol–water partition coefficient (Wildman–Crippen LogP) is 2.33. The first-order chi connectivity index (χ1) is 9.09. The van der Waals surface area contributed by atoms with Gasteiger partial charge < -0.3 is 10.8 Å². The largest absolute Gasteiger partial charge is 0.386 e. The summed E-state index contributed by atoms with van der Waals surface area (Å²) in [4.78, 5) is 10.1. The Kier molecular flexibility index (Phi) is 3.89. The fraction of sp³-hybridized carbons (Fsp3) is 0.143. The molecule has 2 aromatic carbocycles. The van der Waals surface area contributed by atoms with Crippen LogP contribution >= 0.6 is 0 Å². The van der Waals surface area contributed by atoms with Gasteiger partial charge in [-0.05, 0) is 23.3 Å². The fourth-order valence-corrected chi connectivity index (χ4v) is 1.86. The summed E-state index contributed by atoms with van der Waals surface area (Å²) < 4.78 is 0. The van der Waals surface area contributed by atoms with E-state index in [2.05, 4.69) is 0 Å². The number of hydrogen-bond acceptors (Lipinski definition) is 4. The van der Waals surface area contributed by atoms with Crippen LogP contribution in [0, 0.1) is 10.1 Å². The third kappa shape index (κ3) is 2.96. The fourth-order valence-electron chi connectivity index (χ4n) is 1.86. The second kappa shape index (κ2) is 5.60. The van der Waals surface area contributed by atoms with Crippen molar-refractivity contribution < 1.29 is 10.0 Å². The number of nitrogens with zero attached hydrogens (tertiary/aromatic N) is 1. The van der Waals surface area contributed by atoms with Gasteiger partial charge in [0.25, 0.3) is 5.69 Å². The lowest BCUT2D eigenvalue weighted by Gasteiger charge is -2.19. The number of aliphatic hydroxyl groups is 1. The molecule has 2 rings (SSSR count). The Hall–Kier alpha value is -2.24. The molecule has 0 aliphatic rings. The highest BCUT2D eigenvalue weighted by Crippen LogP contribution is 2.27. The molecule has 0 spiro atoms. The molecule has 0 aromatic heterocycles. The Morgan fingerprint density at radius 3 is 2.11 bits per heavy atom. The van der Waals surface area contributed by atoms with Crippen LogP contribution in [-0.4, -0.2) is 10.0 Å². The lowest BCUT2D eigenvalue weighted by atomic mass is 9.96. The average molecular weight is 258 g/mol. The van der Waals surface area contributed by atoms with Crippen LogP contribution < -0.4 is 5.73 Å². The van der Waals surface area contributed by atoms with Crippen molar-refractivity contribution >= 4 is 5.69 Å². The van der Waals surface area contributed by atoms with E-state index in [0.29, 0.717) is 5.56 Å².